The van der Waals surface area contributed by atoms with Crippen molar-refractivity contribution in [1.29, 1.82) is 0 Å². The van der Waals surface area contributed by atoms with Gasteiger partial charge in [-0.1, -0.05) is 42.6 Å². The second-order valence-corrected chi connectivity index (χ2v) is 7.32. The van der Waals surface area contributed by atoms with E-state index in [9.17, 15) is 0 Å². The molecule has 1 heterocycles. The Morgan fingerprint density at radius 2 is 1.95 bits per heavy atom. The third kappa shape index (κ3) is 2.48. The van der Waals surface area contributed by atoms with Gasteiger partial charge in [-0.3, -0.25) is 0 Å². The van der Waals surface area contributed by atoms with Gasteiger partial charge in [0.1, 0.15) is 11.6 Å². The van der Waals surface area contributed by atoms with E-state index in [4.69, 9.17) is 0 Å². The lowest BCUT2D eigenvalue weighted by molar-refractivity contribution is 0.315. The number of rotatable bonds is 5. The average Bonchev–Trinajstić information content (AvgIpc) is 2.94. The van der Waals surface area contributed by atoms with E-state index in [1.807, 2.05) is 0 Å². The minimum Gasteiger partial charge on any atom is -0.311 e. The van der Waals surface area contributed by atoms with Gasteiger partial charge in [-0.05, 0) is 38.0 Å². The monoisotopic (exact) mass is 325 g/mol. The molecule has 2 aliphatic rings. The van der Waals surface area contributed by atoms with Gasteiger partial charge in [-0.15, -0.1) is 10.2 Å². The number of alkyl halides is 1. The van der Waals surface area contributed by atoms with Crippen LogP contribution in [0.1, 0.15) is 76.5 Å². The first-order valence-corrected chi connectivity index (χ1v) is 8.79. The summed E-state index contributed by atoms with van der Waals surface area (Å²) in [5.41, 5.74) is 0.310. The summed E-state index contributed by atoms with van der Waals surface area (Å²) < 4.78 is 2.47. The molecule has 19 heavy (non-hydrogen) atoms. The molecule has 1 aromatic heterocycles. The Balaban J connectivity index is 2.00. The van der Waals surface area contributed by atoms with Crippen LogP contribution in [0.2, 0.25) is 0 Å². The molecule has 0 amide bonds. The van der Waals surface area contributed by atoms with Crippen molar-refractivity contribution in [2.45, 2.75) is 75.6 Å². The van der Waals surface area contributed by atoms with E-state index < -0.39 is 0 Å². The molecule has 2 fully saturated rings. The zero-order valence-corrected chi connectivity index (χ0v) is 13.6. The van der Waals surface area contributed by atoms with Crippen LogP contribution in [0.5, 0.6) is 0 Å². The topological polar surface area (TPSA) is 30.7 Å². The molecule has 1 aromatic rings. The summed E-state index contributed by atoms with van der Waals surface area (Å²) in [5.74, 6) is 3.16. The van der Waals surface area contributed by atoms with E-state index in [1.54, 1.807) is 0 Å². The molecule has 4 heteroatoms. The van der Waals surface area contributed by atoms with Gasteiger partial charge in [0.2, 0.25) is 0 Å². The predicted molar refractivity (Wildman–Crippen MR) is 80.5 cm³/mol. The van der Waals surface area contributed by atoms with Crippen molar-refractivity contribution < 1.29 is 0 Å². The lowest BCUT2D eigenvalue weighted by Gasteiger charge is -2.30. The van der Waals surface area contributed by atoms with Crippen molar-refractivity contribution in [2.24, 2.45) is 5.92 Å². The molecule has 2 aliphatic carbocycles. The maximum absolute atomic E-state index is 4.64. The van der Waals surface area contributed by atoms with Crippen LogP contribution < -0.4 is 0 Å². The summed E-state index contributed by atoms with van der Waals surface area (Å²) in [6, 6.07) is 0.683. The molecule has 106 valence electrons. The van der Waals surface area contributed by atoms with Crippen molar-refractivity contribution in [3.8, 4) is 0 Å². The number of nitrogens with zero attached hydrogens (tertiary/aromatic N) is 3. The van der Waals surface area contributed by atoms with Gasteiger partial charge in [-0.2, -0.15) is 0 Å². The Labute approximate surface area is 124 Å². The van der Waals surface area contributed by atoms with Crippen LogP contribution in [-0.2, 0) is 10.7 Å². The van der Waals surface area contributed by atoms with Crippen LogP contribution in [0.4, 0.5) is 0 Å². The Morgan fingerprint density at radius 1 is 1.26 bits per heavy atom. The SMILES string of the molecule is CC(C)CC1(c2nnc(CBr)n2C2CC2)CCCC1. The Hall–Kier alpha value is -0.380. The van der Waals surface area contributed by atoms with Gasteiger partial charge in [0.25, 0.3) is 0 Å². The third-order valence-corrected chi connectivity index (χ3v) is 5.13. The molecule has 0 aliphatic heterocycles. The molecule has 0 bridgehead atoms. The number of aromatic nitrogens is 3. The standard InChI is InChI=1S/C15H24BrN3/c1-11(2)9-15(7-3-4-8-15)14-18-17-13(10-16)19(14)12-5-6-12/h11-12H,3-10H2,1-2H3. The first kappa shape index (κ1) is 13.6. The second-order valence-electron chi connectivity index (χ2n) is 6.76. The Morgan fingerprint density at radius 3 is 2.47 bits per heavy atom. The highest BCUT2D eigenvalue weighted by Crippen LogP contribution is 2.48. The van der Waals surface area contributed by atoms with E-state index in [-0.39, 0.29) is 0 Å². The Bertz CT molecular complexity index is 442. The van der Waals surface area contributed by atoms with Crippen molar-refractivity contribution >= 4 is 15.9 Å². The van der Waals surface area contributed by atoms with Crippen molar-refractivity contribution in [1.82, 2.24) is 14.8 Å². The fraction of sp³-hybridized carbons (Fsp3) is 0.867. The molecule has 0 N–H and O–H groups in total. The summed E-state index contributed by atoms with van der Waals surface area (Å²) in [6.45, 7) is 4.67. The zero-order valence-electron chi connectivity index (χ0n) is 12.0. The zero-order chi connectivity index (χ0) is 13.5. The molecule has 2 saturated carbocycles. The van der Waals surface area contributed by atoms with E-state index in [0.717, 1.165) is 17.1 Å². The van der Waals surface area contributed by atoms with Gasteiger partial charge in [0.15, 0.2) is 0 Å². The molecule has 0 atom stereocenters. The highest BCUT2D eigenvalue weighted by Gasteiger charge is 2.43. The molecular formula is C15H24BrN3. The lowest BCUT2D eigenvalue weighted by atomic mass is 9.77. The van der Waals surface area contributed by atoms with Crippen LogP contribution in [0.25, 0.3) is 0 Å². The molecule has 0 saturated heterocycles. The molecule has 0 unspecified atom stereocenters. The molecule has 0 spiro atoms. The van der Waals surface area contributed by atoms with Gasteiger partial charge in [0.05, 0.1) is 5.33 Å². The summed E-state index contributed by atoms with van der Waals surface area (Å²) >= 11 is 3.57. The van der Waals surface area contributed by atoms with Crippen LogP contribution in [0.15, 0.2) is 0 Å². The summed E-state index contributed by atoms with van der Waals surface area (Å²) in [4.78, 5) is 0. The average molecular weight is 326 g/mol. The smallest absolute Gasteiger partial charge is 0.143 e. The molecular weight excluding hydrogens is 302 g/mol. The minimum atomic E-state index is 0.310. The first-order valence-electron chi connectivity index (χ1n) is 7.66. The van der Waals surface area contributed by atoms with Crippen molar-refractivity contribution in [3.63, 3.8) is 0 Å². The molecule has 3 nitrogen and oxygen atoms in total. The number of hydrogen-bond donors (Lipinski definition) is 0. The maximum Gasteiger partial charge on any atom is 0.143 e. The first-order chi connectivity index (χ1) is 9.16. The van der Waals surface area contributed by atoms with E-state index in [2.05, 4.69) is 44.5 Å². The van der Waals surface area contributed by atoms with Gasteiger partial charge in [-0.25, -0.2) is 0 Å². The van der Waals surface area contributed by atoms with Crippen LogP contribution >= 0.6 is 15.9 Å². The highest BCUT2D eigenvalue weighted by molar-refractivity contribution is 9.08. The maximum atomic E-state index is 4.64. The largest absolute Gasteiger partial charge is 0.311 e. The summed E-state index contributed by atoms with van der Waals surface area (Å²) in [6.07, 6.45) is 9.20. The van der Waals surface area contributed by atoms with E-state index in [0.29, 0.717) is 11.5 Å². The predicted octanol–water partition coefficient (Wildman–Crippen LogP) is 4.37. The second kappa shape index (κ2) is 5.19. The van der Waals surface area contributed by atoms with Gasteiger partial charge >= 0.3 is 0 Å². The summed E-state index contributed by atoms with van der Waals surface area (Å²) in [7, 11) is 0. The fourth-order valence-corrected chi connectivity index (χ4v) is 4.23. The number of halogens is 1. The van der Waals surface area contributed by atoms with E-state index >= 15 is 0 Å². The lowest BCUT2D eigenvalue weighted by Crippen LogP contribution is -2.29. The van der Waals surface area contributed by atoms with Crippen molar-refractivity contribution in [2.75, 3.05) is 0 Å². The van der Waals surface area contributed by atoms with Crippen LogP contribution in [0.3, 0.4) is 0 Å². The normalized spacial score (nSPS) is 22.3. The molecule has 0 aromatic carbocycles. The highest BCUT2D eigenvalue weighted by atomic mass is 79.9. The Kier molecular flexibility index (Phi) is 3.71. The fourth-order valence-electron chi connectivity index (χ4n) is 3.85. The molecule has 3 rings (SSSR count). The minimum absolute atomic E-state index is 0.310. The summed E-state index contributed by atoms with van der Waals surface area (Å²) in [5, 5.41) is 9.92. The number of hydrogen-bond acceptors (Lipinski definition) is 2. The van der Waals surface area contributed by atoms with Crippen LogP contribution in [-0.4, -0.2) is 14.8 Å². The van der Waals surface area contributed by atoms with Gasteiger partial charge < -0.3 is 4.57 Å². The van der Waals surface area contributed by atoms with Crippen LogP contribution in [0, 0.1) is 5.92 Å². The van der Waals surface area contributed by atoms with Crippen molar-refractivity contribution in [3.05, 3.63) is 11.6 Å². The molecule has 0 radical (unpaired) electrons. The quantitative estimate of drug-likeness (QED) is 0.753. The third-order valence-electron chi connectivity index (χ3n) is 4.63. The van der Waals surface area contributed by atoms with Gasteiger partial charge in [0, 0.05) is 11.5 Å². The van der Waals surface area contributed by atoms with E-state index in [1.165, 1.54) is 50.8 Å².